The van der Waals surface area contributed by atoms with Gasteiger partial charge in [-0.3, -0.25) is 4.79 Å². The lowest BCUT2D eigenvalue weighted by atomic mass is 9.87. The number of aromatic carboxylic acids is 1. The van der Waals surface area contributed by atoms with Crippen molar-refractivity contribution in [2.24, 2.45) is 11.1 Å². The molecule has 0 heterocycles. The number of carbonyl (C=O) groups is 2. The number of anilines is 1. The van der Waals surface area contributed by atoms with E-state index in [4.69, 9.17) is 10.8 Å². The van der Waals surface area contributed by atoms with Crippen molar-refractivity contribution in [2.75, 3.05) is 5.32 Å². The highest BCUT2D eigenvalue weighted by molar-refractivity contribution is 9.10. The quantitative estimate of drug-likeness (QED) is 0.754. The first-order valence-electron chi connectivity index (χ1n) is 6.67. The van der Waals surface area contributed by atoms with Gasteiger partial charge >= 0.3 is 5.97 Å². The second kappa shape index (κ2) is 7.04. The van der Waals surface area contributed by atoms with Crippen molar-refractivity contribution in [3.8, 4) is 0 Å². The topological polar surface area (TPSA) is 92.4 Å². The van der Waals surface area contributed by atoms with E-state index in [2.05, 4.69) is 42.0 Å². The van der Waals surface area contributed by atoms with Crippen molar-refractivity contribution in [1.29, 1.82) is 0 Å². The number of benzene rings is 1. The van der Waals surface area contributed by atoms with E-state index in [0.717, 1.165) is 0 Å². The third kappa shape index (κ3) is 6.27. The summed E-state index contributed by atoms with van der Waals surface area (Å²) in [6.45, 7) is 6.17. The molecule has 0 radical (unpaired) electrons. The normalized spacial score (nSPS) is 12.8. The maximum absolute atomic E-state index is 12.0. The van der Waals surface area contributed by atoms with E-state index >= 15 is 0 Å². The van der Waals surface area contributed by atoms with E-state index in [9.17, 15) is 9.59 Å². The second-order valence-corrected chi connectivity index (χ2v) is 7.19. The largest absolute Gasteiger partial charge is 0.478 e. The van der Waals surface area contributed by atoms with Crippen LogP contribution in [0.25, 0.3) is 0 Å². The molecule has 0 bridgehead atoms. The average Bonchev–Trinajstić information content (AvgIpc) is 2.24. The Bertz CT molecular complexity index is 538. The van der Waals surface area contributed by atoms with Crippen molar-refractivity contribution in [3.05, 3.63) is 28.2 Å². The lowest BCUT2D eigenvalue weighted by molar-refractivity contribution is -0.116. The molecule has 0 fully saturated rings. The van der Waals surface area contributed by atoms with Crippen molar-refractivity contribution in [2.45, 2.75) is 39.7 Å². The fraction of sp³-hybridized carbons (Fsp3) is 0.467. The molecule has 0 aliphatic heterocycles. The van der Waals surface area contributed by atoms with Crippen LogP contribution in [0.4, 0.5) is 5.69 Å². The molecule has 0 saturated heterocycles. The summed E-state index contributed by atoms with van der Waals surface area (Å²) >= 11 is 3.26. The lowest BCUT2D eigenvalue weighted by Crippen LogP contribution is -2.31. The number of nitrogens with one attached hydrogen (secondary N) is 1. The Hall–Kier alpha value is -1.40. The van der Waals surface area contributed by atoms with Gasteiger partial charge in [0.05, 0.1) is 11.3 Å². The number of hydrogen-bond acceptors (Lipinski definition) is 3. The maximum Gasteiger partial charge on any atom is 0.337 e. The number of hydrogen-bond donors (Lipinski definition) is 3. The van der Waals surface area contributed by atoms with Crippen LogP contribution in [0.1, 0.15) is 44.0 Å². The Morgan fingerprint density at radius 3 is 2.52 bits per heavy atom. The fourth-order valence-electron chi connectivity index (χ4n) is 2.10. The van der Waals surface area contributed by atoms with Crippen molar-refractivity contribution >= 4 is 33.5 Å². The van der Waals surface area contributed by atoms with Gasteiger partial charge < -0.3 is 16.2 Å². The molecular formula is C15H21BrN2O3. The van der Waals surface area contributed by atoms with E-state index in [1.807, 2.05) is 0 Å². The van der Waals surface area contributed by atoms with Crippen molar-refractivity contribution < 1.29 is 14.7 Å². The van der Waals surface area contributed by atoms with E-state index in [1.54, 1.807) is 12.1 Å². The minimum absolute atomic E-state index is 0.0433. The molecule has 4 N–H and O–H groups in total. The first kappa shape index (κ1) is 17.7. The molecule has 1 atom stereocenters. The van der Waals surface area contributed by atoms with Crippen LogP contribution in [0, 0.1) is 5.41 Å². The molecule has 1 aromatic rings. The summed E-state index contributed by atoms with van der Waals surface area (Å²) in [5.74, 6) is -1.37. The Morgan fingerprint density at radius 2 is 2.00 bits per heavy atom. The van der Waals surface area contributed by atoms with E-state index in [-0.39, 0.29) is 35.0 Å². The van der Waals surface area contributed by atoms with E-state index < -0.39 is 5.97 Å². The molecular weight excluding hydrogens is 336 g/mol. The molecule has 116 valence electrons. The molecule has 6 heteroatoms. The van der Waals surface area contributed by atoms with Crippen LogP contribution in [-0.2, 0) is 4.79 Å². The van der Waals surface area contributed by atoms with Gasteiger partial charge in [0.25, 0.3) is 0 Å². The maximum atomic E-state index is 12.0. The van der Waals surface area contributed by atoms with Gasteiger partial charge in [-0.25, -0.2) is 4.79 Å². The minimum Gasteiger partial charge on any atom is -0.478 e. The SMILES string of the molecule is CC(C)(C)CC(N)CC(=O)Nc1cc(Br)ccc1C(=O)O. The smallest absolute Gasteiger partial charge is 0.337 e. The van der Waals surface area contributed by atoms with Crippen LogP contribution in [0.2, 0.25) is 0 Å². The van der Waals surface area contributed by atoms with Gasteiger partial charge in [-0.2, -0.15) is 0 Å². The second-order valence-electron chi connectivity index (χ2n) is 6.27. The van der Waals surface area contributed by atoms with Crippen LogP contribution < -0.4 is 11.1 Å². The van der Waals surface area contributed by atoms with Gasteiger partial charge in [0.15, 0.2) is 0 Å². The number of carboxylic acid groups (broad SMARTS) is 1. The molecule has 0 aliphatic rings. The molecule has 1 unspecified atom stereocenters. The molecule has 21 heavy (non-hydrogen) atoms. The summed E-state index contributed by atoms with van der Waals surface area (Å²) in [7, 11) is 0. The summed E-state index contributed by atoms with van der Waals surface area (Å²) < 4.78 is 0.696. The zero-order chi connectivity index (χ0) is 16.2. The Kier molecular flexibility index (Phi) is 5.92. The highest BCUT2D eigenvalue weighted by Gasteiger charge is 2.19. The summed E-state index contributed by atoms with van der Waals surface area (Å²) in [4.78, 5) is 23.1. The predicted molar refractivity (Wildman–Crippen MR) is 86.4 cm³/mol. The monoisotopic (exact) mass is 356 g/mol. The third-order valence-electron chi connectivity index (χ3n) is 2.81. The number of rotatable bonds is 5. The molecule has 0 aromatic heterocycles. The molecule has 0 aliphatic carbocycles. The average molecular weight is 357 g/mol. The molecule has 1 aromatic carbocycles. The fourth-order valence-corrected chi connectivity index (χ4v) is 2.47. The zero-order valence-electron chi connectivity index (χ0n) is 12.4. The van der Waals surface area contributed by atoms with Crippen LogP contribution in [-0.4, -0.2) is 23.0 Å². The van der Waals surface area contributed by atoms with Gasteiger partial charge in [-0.05, 0) is 30.0 Å². The number of nitrogens with two attached hydrogens (primary N) is 1. The van der Waals surface area contributed by atoms with Crippen molar-refractivity contribution in [1.82, 2.24) is 0 Å². The van der Waals surface area contributed by atoms with Crippen LogP contribution in [0.3, 0.4) is 0 Å². The molecule has 1 rings (SSSR count). The van der Waals surface area contributed by atoms with E-state index in [1.165, 1.54) is 6.07 Å². The number of carbonyl (C=O) groups excluding carboxylic acids is 1. The van der Waals surface area contributed by atoms with Gasteiger partial charge in [0.2, 0.25) is 5.91 Å². The highest BCUT2D eigenvalue weighted by atomic mass is 79.9. The molecule has 5 nitrogen and oxygen atoms in total. The van der Waals surface area contributed by atoms with Crippen LogP contribution in [0.15, 0.2) is 22.7 Å². The summed E-state index contributed by atoms with van der Waals surface area (Å²) in [6.07, 6.45) is 0.869. The van der Waals surface area contributed by atoms with Crippen molar-refractivity contribution in [3.63, 3.8) is 0 Å². The highest BCUT2D eigenvalue weighted by Crippen LogP contribution is 2.23. The Balaban J connectivity index is 2.75. The summed E-state index contributed by atoms with van der Waals surface area (Å²) in [5, 5.41) is 11.7. The summed E-state index contributed by atoms with van der Waals surface area (Å²) in [6, 6.07) is 4.36. The van der Waals surface area contributed by atoms with Gasteiger partial charge in [0.1, 0.15) is 0 Å². The first-order chi connectivity index (χ1) is 9.58. The predicted octanol–water partition coefficient (Wildman–Crippen LogP) is 3.24. The van der Waals surface area contributed by atoms with Gasteiger partial charge in [-0.15, -0.1) is 0 Å². The third-order valence-corrected chi connectivity index (χ3v) is 3.30. The van der Waals surface area contributed by atoms with Crippen LogP contribution >= 0.6 is 15.9 Å². The lowest BCUT2D eigenvalue weighted by Gasteiger charge is -2.22. The molecule has 0 saturated carbocycles. The molecule has 0 spiro atoms. The standard InChI is InChI=1S/C15H21BrN2O3/c1-15(2,3)8-10(17)7-13(19)18-12-6-9(16)4-5-11(12)14(20)21/h4-6,10H,7-8,17H2,1-3H3,(H,18,19)(H,20,21). The molecule has 1 amide bonds. The van der Waals surface area contributed by atoms with Gasteiger partial charge in [-0.1, -0.05) is 36.7 Å². The van der Waals surface area contributed by atoms with Gasteiger partial charge in [0, 0.05) is 16.9 Å². The summed E-state index contributed by atoms with van der Waals surface area (Å²) in [5.41, 5.74) is 6.32. The number of halogens is 1. The first-order valence-corrected chi connectivity index (χ1v) is 7.46. The van der Waals surface area contributed by atoms with Crippen LogP contribution in [0.5, 0.6) is 0 Å². The minimum atomic E-state index is -1.09. The van der Waals surface area contributed by atoms with E-state index in [0.29, 0.717) is 10.9 Å². The number of amides is 1. The zero-order valence-corrected chi connectivity index (χ0v) is 14.0. The number of carboxylic acids is 1. The Morgan fingerprint density at radius 1 is 1.38 bits per heavy atom. The Labute approximate surface area is 133 Å².